The minimum absolute atomic E-state index is 0.0243. The molecule has 26 heavy (non-hydrogen) atoms. The second-order valence-corrected chi connectivity index (χ2v) is 8.36. The predicted octanol–water partition coefficient (Wildman–Crippen LogP) is 0.719. The van der Waals surface area contributed by atoms with Crippen molar-refractivity contribution in [2.24, 2.45) is 0 Å². The predicted molar refractivity (Wildman–Crippen MR) is 107 cm³/mol. The van der Waals surface area contributed by atoms with E-state index in [2.05, 4.69) is 36.7 Å². The molecule has 0 bridgehead atoms. The summed E-state index contributed by atoms with van der Waals surface area (Å²) in [7, 11) is 0. The van der Waals surface area contributed by atoms with E-state index < -0.39 is 0 Å². The van der Waals surface area contributed by atoms with Crippen molar-refractivity contribution in [3.63, 3.8) is 0 Å². The second-order valence-electron chi connectivity index (χ2n) is 7.38. The minimum Gasteiger partial charge on any atom is -0.343 e. The monoisotopic (exact) mass is 373 g/mol. The number of quaternary nitrogens is 2. The molecule has 0 saturated carbocycles. The van der Waals surface area contributed by atoms with E-state index in [1.54, 1.807) is 21.1 Å². The lowest BCUT2D eigenvalue weighted by molar-refractivity contribution is -1.03. The van der Waals surface area contributed by atoms with Crippen LogP contribution in [0.25, 0.3) is 0 Å². The highest BCUT2D eigenvalue weighted by molar-refractivity contribution is 7.10. The second kappa shape index (κ2) is 8.80. The molecular weight excluding hydrogens is 342 g/mol. The van der Waals surface area contributed by atoms with Crippen LogP contribution in [-0.2, 0) is 0 Å². The Morgan fingerprint density at radius 3 is 2.42 bits per heavy atom. The summed E-state index contributed by atoms with van der Waals surface area (Å²) in [5.74, 6) is 0.0243. The zero-order chi connectivity index (χ0) is 18.5. The van der Waals surface area contributed by atoms with Gasteiger partial charge in [0.15, 0.2) is 0 Å². The third-order valence-electron chi connectivity index (χ3n) is 5.56. The van der Waals surface area contributed by atoms with E-state index in [-0.39, 0.29) is 11.9 Å². The summed E-state index contributed by atoms with van der Waals surface area (Å²) in [5.41, 5.74) is 1.91. The number of amides is 1. The first-order chi connectivity index (χ1) is 12.6. The van der Waals surface area contributed by atoms with Gasteiger partial charge in [-0.3, -0.25) is 4.79 Å². The maximum Gasteiger partial charge on any atom is 0.251 e. The van der Waals surface area contributed by atoms with Gasteiger partial charge >= 0.3 is 0 Å². The summed E-state index contributed by atoms with van der Waals surface area (Å²) >= 11 is 1.81. The van der Waals surface area contributed by atoms with Crippen molar-refractivity contribution in [2.75, 3.05) is 32.7 Å². The van der Waals surface area contributed by atoms with Crippen LogP contribution in [0, 0.1) is 6.92 Å². The Hall–Kier alpha value is -1.69. The van der Waals surface area contributed by atoms with Crippen LogP contribution in [0.15, 0.2) is 41.8 Å². The van der Waals surface area contributed by atoms with E-state index in [0.717, 1.165) is 18.7 Å². The highest BCUT2D eigenvalue weighted by Gasteiger charge is 2.35. The largest absolute Gasteiger partial charge is 0.343 e. The average Bonchev–Trinajstić information content (AvgIpc) is 3.17. The Balaban J connectivity index is 1.72. The third-order valence-corrected chi connectivity index (χ3v) is 6.52. The highest BCUT2D eigenvalue weighted by atomic mass is 32.1. The number of rotatable bonds is 6. The Morgan fingerprint density at radius 2 is 1.85 bits per heavy atom. The van der Waals surface area contributed by atoms with E-state index in [4.69, 9.17) is 0 Å². The van der Waals surface area contributed by atoms with Crippen LogP contribution in [0.4, 0.5) is 0 Å². The lowest BCUT2D eigenvalue weighted by Gasteiger charge is -2.36. The first-order valence-electron chi connectivity index (χ1n) is 9.67. The van der Waals surface area contributed by atoms with Crippen LogP contribution < -0.4 is 15.1 Å². The maximum atomic E-state index is 12.7. The van der Waals surface area contributed by atoms with Crippen molar-refractivity contribution in [3.05, 3.63) is 57.8 Å². The molecule has 1 aliphatic heterocycles. The van der Waals surface area contributed by atoms with E-state index in [9.17, 15) is 4.79 Å². The number of aryl methyl sites for hydroxylation is 1. The summed E-state index contributed by atoms with van der Waals surface area (Å²) in [5, 5.41) is 5.41. The highest BCUT2D eigenvalue weighted by Crippen LogP contribution is 2.20. The molecule has 2 heterocycles. The molecule has 1 aromatic heterocycles. The number of hydrogen-bond acceptors (Lipinski definition) is 2. The normalized spacial score (nSPS) is 22.6. The number of thiophene rings is 1. The minimum atomic E-state index is 0.0243. The van der Waals surface area contributed by atoms with Crippen molar-refractivity contribution in [1.29, 1.82) is 0 Å². The Morgan fingerprint density at radius 1 is 1.15 bits per heavy atom. The zero-order valence-corrected chi connectivity index (χ0v) is 16.9. The van der Waals surface area contributed by atoms with Gasteiger partial charge in [0.25, 0.3) is 5.91 Å². The van der Waals surface area contributed by atoms with Gasteiger partial charge in [-0.25, -0.2) is 0 Å². The molecule has 1 fully saturated rings. The summed E-state index contributed by atoms with van der Waals surface area (Å²) in [6.45, 7) is 12.4. The van der Waals surface area contributed by atoms with E-state index >= 15 is 0 Å². The van der Waals surface area contributed by atoms with E-state index in [1.165, 1.54) is 30.1 Å². The number of carbonyl (C=O) groups is 1. The molecule has 5 heteroatoms. The van der Waals surface area contributed by atoms with Crippen LogP contribution in [0.5, 0.6) is 0 Å². The smallest absolute Gasteiger partial charge is 0.251 e. The summed E-state index contributed by atoms with van der Waals surface area (Å²) in [4.78, 5) is 17.4. The van der Waals surface area contributed by atoms with E-state index in [0.29, 0.717) is 6.04 Å². The third kappa shape index (κ3) is 4.53. The maximum absolute atomic E-state index is 12.7. The van der Waals surface area contributed by atoms with Crippen molar-refractivity contribution in [3.8, 4) is 0 Å². The molecule has 1 amide bonds. The fourth-order valence-corrected chi connectivity index (χ4v) is 4.93. The molecular formula is C21H31N3OS+2. The molecule has 3 N–H and O–H groups in total. The van der Waals surface area contributed by atoms with Crippen molar-refractivity contribution < 1.29 is 14.6 Å². The van der Waals surface area contributed by atoms with Gasteiger partial charge < -0.3 is 15.1 Å². The fraction of sp³-hybridized carbons (Fsp3) is 0.476. The summed E-state index contributed by atoms with van der Waals surface area (Å²) in [6.07, 6.45) is 0. The molecule has 140 valence electrons. The fourth-order valence-electron chi connectivity index (χ4n) is 3.94. The topological polar surface area (TPSA) is 38.0 Å². The molecule has 2 aromatic rings. The van der Waals surface area contributed by atoms with Crippen molar-refractivity contribution in [1.82, 2.24) is 5.32 Å². The first-order valence-corrected chi connectivity index (χ1v) is 10.6. The molecule has 1 aromatic carbocycles. The molecule has 0 radical (unpaired) electrons. The van der Waals surface area contributed by atoms with Crippen LogP contribution >= 0.6 is 11.3 Å². The summed E-state index contributed by atoms with van der Waals surface area (Å²) < 4.78 is 0. The number of hydrogen-bond donors (Lipinski definition) is 3. The molecule has 0 spiro atoms. The first kappa shape index (κ1) is 19.1. The van der Waals surface area contributed by atoms with Crippen LogP contribution in [0.1, 0.15) is 40.7 Å². The van der Waals surface area contributed by atoms with Crippen LogP contribution in [0.3, 0.4) is 0 Å². The zero-order valence-electron chi connectivity index (χ0n) is 16.0. The van der Waals surface area contributed by atoms with Gasteiger partial charge in [-0.1, -0.05) is 23.8 Å². The molecule has 0 aliphatic carbocycles. The number of piperazine rings is 1. The molecule has 0 unspecified atom stereocenters. The molecule has 4 nitrogen and oxygen atoms in total. The summed E-state index contributed by atoms with van der Waals surface area (Å²) in [6, 6.07) is 12.6. The number of carbonyl (C=O) groups excluding carboxylic acids is 1. The van der Waals surface area contributed by atoms with Gasteiger partial charge in [-0.05, 0) is 44.4 Å². The lowest BCUT2D eigenvalue weighted by atomic mass is 10.0. The van der Waals surface area contributed by atoms with Crippen molar-refractivity contribution >= 4 is 17.2 Å². The van der Waals surface area contributed by atoms with Gasteiger partial charge in [0.2, 0.25) is 0 Å². The van der Waals surface area contributed by atoms with Crippen LogP contribution in [0.2, 0.25) is 0 Å². The lowest BCUT2D eigenvalue weighted by Crippen LogP contribution is -3.28. The van der Waals surface area contributed by atoms with Gasteiger partial charge in [-0.2, -0.15) is 0 Å². The molecule has 3 rings (SSSR count). The molecule has 1 aliphatic rings. The van der Waals surface area contributed by atoms with Gasteiger partial charge in [-0.15, -0.1) is 11.3 Å². The quantitative estimate of drug-likeness (QED) is 0.686. The number of nitrogens with one attached hydrogen (secondary N) is 3. The van der Waals surface area contributed by atoms with E-state index in [1.807, 2.05) is 31.2 Å². The van der Waals surface area contributed by atoms with Gasteiger partial charge in [0.1, 0.15) is 32.2 Å². The Kier molecular flexibility index (Phi) is 6.46. The Bertz CT molecular complexity index is 691. The standard InChI is InChI=1S/C21H29N3OS/c1-4-23-11-13-24(14-12-23)20(19-6-5-15-26-19)17(3)22-21(25)18-9-7-16(2)8-10-18/h5-10,15,17,20H,4,11-14H2,1-3H3,(H,22,25)/p+2/t17-,20-/m0/s1. The van der Waals surface area contributed by atoms with Gasteiger partial charge in [0, 0.05) is 5.56 Å². The Labute approximate surface area is 160 Å². The van der Waals surface area contributed by atoms with Crippen LogP contribution in [-0.4, -0.2) is 44.7 Å². The van der Waals surface area contributed by atoms with Crippen molar-refractivity contribution in [2.45, 2.75) is 32.9 Å². The number of benzene rings is 1. The molecule has 2 atom stereocenters. The average molecular weight is 374 g/mol. The molecule has 1 saturated heterocycles. The SMILES string of the molecule is CC[NH+]1CC[NH+]([C@H](c2cccs2)[C@H](C)NC(=O)c2ccc(C)cc2)CC1. The van der Waals surface area contributed by atoms with Gasteiger partial charge in [0.05, 0.1) is 17.5 Å². The number of likely N-dealkylation sites (N-methyl/N-ethyl adjacent to an activating group) is 1.